The molecule has 1 aromatic heterocycles. The zero-order valence-electron chi connectivity index (χ0n) is 10.8. The molecule has 0 saturated heterocycles. The number of benzene rings is 1. The number of halogens is 1. The number of aryl methyl sites for hydroxylation is 1. The average Bonchev–Trinajstić information content (AvgIpc) is 2.40. The minimum atomic E-state index is -4.13. The Labute approximate surface area is 129 Å². The van der Waals surface area contributed by atoms with E-state index in [1.807, 2.05) is 0 Å². The third kappa shape index (κ3) is 3.19. The molecule has 21 heavy (non-hydrogen) atoms. The molecule has 0 aliphatic rings. The van der Waals surface area contributed by atoms with Gasteiger partial charge in [-0.15, -0.1) is 0 Å². The number of nitro groups is 1. The van der Waals surface area contributed by atoms with Gasteiger partial charge in [0.1, 0.15) is 0 Å². The molecule has 0 radical (unpaired) electrons. The molecule has 1 N–H and O–H groups in total. The second-order valence-electron chi connectivity index (χ2n) is 4.12. The number of aromatic nitrogens is 1. The van der Waals surface area contributed by atoms with Crippen molar-refractivity contribution in [3.05, 3.63) is 56.7 Å². The van der Waals surface area contributed by atoms with E-state index >= 15 is 0 Å². The number of hydrogen-bond donors (Lipinski definition) is 1. The van der Waals surface area contributed by atoms with Gasteiger partial charge in [0.25, 0.3) is 15.7 Å². The fourth-order valence-corrected chi connectivity index (χ4v) is 3.68. The summed E-state index contributed by atoms with van der Waals surface area (Å²) in [6, 6.07) is 7.31. The predicted octanol–water partition coefficient (Wildman–Crippen LogP) is 2.86. The summed E-state index contributed by atoms with van der Waals surface area (Å²) in [7, 11) is -4.13. The van der Waals surface area contributed by atoms with Crippen molar-refractivity contribution in [2.45, 2.75) is 11.8 Å². The Hall–Kier alpha value is -2.00. The highest BCUT2D eigenvalue weighted by molar-refractivity contribution is 9.10. The molecule has 0 amide bonds. The second-order valence-corrected chi connectivity index (χ2v) is 6.59. The van der Waals surface area contributed by atoms with Crippen LogP contribution in [0.15, 0.2) is 45.9 Å². The van der Waals surface area contributed by atoms with Crippen LogP contribution in [0.25, 0.3) is 0 Å². The van der Waals surface area contributed by atoms with Crippen molar-refractivity contribution in [1.29, 1.82) is 0 Å². The van der Waals surface area contributed by atoms with Crippen LogP contribution in [0.3, 0.4) is 0 Å². The molecule has 0 aliphatic carbocycles. The molecule has 0 fully saturated rings. The van der Waals surface area contributed by atoms with Crippen LogP contribution in [0.4, 0.5) is 11.5 Å². The van der Waals surface area contributed by atoms with Gasteiger partial charge >= 0.3 is 0 Å². The van der Waals surface area contributed by atoms with Crippen LogP contribution >= 0.6 is 15.9 Å². The first-order valence-corrected chi connectivity index (χ1v) is 7.98. The largest absolute Gasteiger partial charge is 0.290 e. The van der Waals surface area contributed by atoms with Crippen LogP contribution < -0.4 is 4.72 Å². The Kier molecular flexibility index (Phi) is 4.24. The lowest BCUT2D eigenvalue weighted by molar-refractivity contribution is -0.387. The van der Waals surface area contributed by atoms with Crippen molar-refractivity contribution in [3.8, 4) is 0 Å². The van der Waals surface area contributed by atoms with Crippen molar-refractivity contribution < 1.29 is 13.3 Å². The van der Waals surface area contributed by atoms with E-state index in [1.54, 1.807) is 12.1 Å². The molecule has 7 nitrogen and oxygen atoms in total. The third-order valence-corrected chi connectivity index (χ3v) is 4.82. The number of rotatable bonds is 4. The normalized spacial score (nSPS) is 11.1. The lowest BCUT2D eigenvalue weighted by Gasteiger charge is -2.10. The Morgan fingerprint density at radius 3 is 2.62 bits per heavy atom. The molecule has 0 aliphatic heterocycles. The van der Waals surface area contributed by atoms with E-state index in [-0.39, 0.29) is 16.3 Å². The first-order valence-electron chi connectivity index (χ1n) is 5.70. The van der Waals surface area contributed by atoms with Crippen molar-refractivity contribution in [3.63, 3.8) is 0 Å². The molecule has 0 atom stereocenters. The van der Waals surface area contributed by atoms with Gasteiger partial charge in [0, 0.05) is 12.3 Å². The molecule has 1 aromatic carbocycles. The van der Waals surface area contributed by atoms with Gasteiger partial charge in [-0.2, -0.15) is 0 Å². The molecule has 2 aromatic rings. The van der Waals surface area contributed by atoms with Gasteiger partial charge in [-0.3, -0.25) is 14.8 Å². The molecular formula is C12H10BrN3O4S. The van der Waals surface area contributed by atoms with Crippen molar-refractivity contribution in [1.82, 2.24) is 4.98 Å². The number of nitro benzene ring substituents is 1. The summed E-state index contributed by atoms with van der Waals surface area (Å²) in [5.74, 6) is 0.0649. The number of pyridine rings is 1. The predicted molar refractivity (Wildman–Crippen MR) is 80.6 cm³/mol. The van der Waals surface area contributed by atoms with Crippen LogP contribution in [0, 0.1) is 17.0 Å². The van der Waals surface area contributed by atoms with E-state index in [0.717, 1.165) is 6.07 Å². The lowest BCUT2D eigenvalue weighted by atomic mass is 10.2. The number of hydrogen-bond acceptors (Lipinski definition) is 5. The van der Waals surface area contributed by atoms with Crippen LogP contribution in [0.5, 0.6) is 0 Å². The molecular weight excluding hydrogens is 362 g/mol. The molecule has 0 bridgehead atoms. The zero-order chi connectivity index (χ0) is 15.6. The fraction of sp³-hybridized carbons (Fsp3) is 0.0833. The zero-order valence-corrected chi connectivity index (χ0v) is 13.2. The first kappa shape index (κ1) is 15.4. The summed E-state index contributed by atoms with van der Waals surface area (Å²) in [5.41, 5.74) is -0.196. The minimum absolute atomic E-state index is 0.0649. The standard InChI is InChI=1S/C12H10BrN3O4S/c1-8-4-2-6-10(16(17)18)11(8)21(19,20)15-12-9(13)5-3-7-14-12/h2-7H,1H3,(H,14,15). The highest BCUT2D eigenvalue weighted by Crippen LogP contribution is 2.29. The van der Waals surface area contributed by atoms with Gasteiger partial charge in [-0.05, 0) is 40.5 Å². The third-order valence-electron chi connectivity index (χ3n) is 2.65. The molecule has 110 valence electrons. The Morgan fingerprint density at radius 2 is 2.00 bits per heavy atom. The van der Waals surface area contributed by atoms with Gasteiger partial charge in [-0.1, -0.05) is 12.1 Å². The van der Waals surface area contributed by atoms with Crippen LogP contribution in [-0.4, -0.2) is 18.3 Å². The highest BCUT2D eigenvalue weighted by Gasteiger charge is 2.28. The van der Waals surface area contributed by atoms with E-state index in [1.165, 1.54) is 25.3 Å². The van der Waals surface area contributed by atoms with Crippen molar-refractivity contribution in [2.24, 2.45) is 0 Å². The second kappa shape index (κ2) is 5.78. The minimum Gasteiger partial charge on any atom is -0.262 e. The van der Waals surface area contributed by atoms with E-state index in [9.17, 15) is 18.5 Å². The summed E-state index contributed by atoms with van der Waals surface area (Å²) < 4.78 is 27.5. The van der Waals surface area contributed by atoms with Gasteiger partial charge in [-0.25, -0.2) is 13.4 Å². The molecule has 9 heteroatoms. The summed E-state index contributed by atoms with van der Waals surface area (Å²) in [4.78, 5) is 13.8. The Balaban J connectivity index is 2.56. The Morgan fingerprint density at radius 1 is 1.29 bits per heavy atom. The van der Waals surface area contributed by atoms with Crippen molar-refractivity contribution in [2.75, 3.05) is 4.72 Å². The topological polar surface area (TPSA) is 102 Å². The lowest BCUT2D eigenvalue weighted by Crippen LogP contribution is -2.17. The maximum atomic E-state index is 12.4. The summed E-state index contributed by atoms with van der Waals surface area (Å²) >= 11 is 3.16. The summed E-state index contributed by atoms with van der Waals surface area (Å²) in [6.45, 7) is 1.50. The molecule has 0 spiro atoms. The number of sulfonamides is 1. The number of nitrogens with zero attached hydrogens (tertiary/aromatic N) is 2. The SMILES string of the molecule is Cc1cccc([N+](=O)[O-])c1S(=O)(=O)Nc1ncccc1Br. The highest BCUT2D eigenvalue weighted by atomic mass is 79.9. The number of nitrogens with one attached hydrogen (secondary N) is 1. The van der Waals surface area contributed by atoms with E-state index in [2.05, 4.69) is 25.6 Å². The first-order chi connectivity index (χ1) is 9.83. The van der Waals surface area contributed by atoms with Crippen LogP contribution in [0.1, 0.15) is 5.56 Å². The van der Waals surface area contributed by atoms with Crippen molar-refractivity contribution >= 4 is 37.5 Å². The molecule has 2 rings (SSSR count). The molecule has 1 heterocycles. The van der Waals surface area contributed by atoms with Gasteiger partial charge in [0.05, 0.1) is 9.40 Å². The fourth-order valence-electron chi connectivity index (χ4n) is 1.77. The maximum absolute atomic E-state index is 12.4. The van der Waals surface area contributed by atoms with Gasteiger partial charge < -0.3 is 0 Å². The number of anilines is 1. The maximum Gasteiger partial charge on any atom is 0.290 e. The monoisotopic (exact) mass is 371 g/mol. The van der Waals surface area contributed by atoms with Gasteiger partial charge in [0.15, 0.2) is 10.7 Å². The van der Waals surface area contributed by atoms with E-state index < -0.39 is 20.6 Å². The van der Waals surface area contributed by atoms with Gasteiger partial charge in [0.2, 0.25) is 0 Å². The smallest absolute Gasteiger partial charge is 0.262 e. The average molecular weight is 372 g/mol. The van der Waals surface area contributed by atoms with E-state index in [4.69, 9.17) is 0 Å². The van der Waals surface area contributed by atoms with Crippen LogP contribution in [-0.2, 0) is 10.0 Å². The quantitative estimate of drug-likeness (QED) is 0.657. The summed E-state index contributed by atoms with van der Waals surface area (Å²) in [6.07, 6.45) is 1.41. The summed E-state index contributed by atoms with van der Waals surface area (Å²) in [5, 5.41) is 11.0. The van der Waals surface area contributed by atoms with E-state index in [0.29, 0.717) is 4.47 Å². The van der Waals surface area contributed by atoms with Crippen LogP contribution in [0.2, 0.25) is 0 Å². The Bertz CT molecular complexity index is 808. The molecule has 0 saturated carbocycles. The molecule has 0 unspecified atom stereocenters.